The molecule has 252 valence electrons. The van der Waals surface area contributed by atoms with Gasteiger partial charge < -0.3 is 9.32 Å². The van der Waals surface area contributed by atoms with Crippen LogP contribution in [-0.2, 0) is 5.41 Å². The van der Waals surface area contributed by atoms with Crippen LogP contribution in [0.2, 0.25) is 0 Å². The first kappa shape index (κ1) is 31.1. The Labute approximate surface area is 310 Å². The van der Waals surface area contributed by atoms with E-state index in [0.29, 0.717) is 0 Å². The molecule has 0 fully saturated rings. The molecule has 0 spiro atoms. The van der Waals surface area contributed by atoms with Crippen LogP contribution in [0, 0.1) is 0 Å². The summed E-state index contributed by atoms with van der Waals surface area (Å²) in [6, 6.07) is 67.8. The predicted octanol–water partition coefficient (Wildman–Crippen LogP) is 14.4. The van der Waals surface area contributed by atoms with Crippen molar-refractivity contribution in [2.24, 2.45) is 0 Å². The zero-order valence-electron chi connectivity index (χ0n) is 29.8. The second-order valence-corrected chi connectivity index (χ2v) is 14.6. The standard InChI is InChI=1S/C51H37NO/c1-51(2)47-30-23-39(31-44(47)45-32-46-43-15-9-10-16-49(43)53-50(46)33-48(45)51)38-21-28-42(29-22-38)52(40-24-17-36(18-25-40)34-11-5-3-6-12-34)41-26-19-37(20-27-41)35-13-7-4-8-14-35/h3-33H,1-2H3. The smallest absolute Gasteiger partial charge is 0.135 e. The van der Waals surface area contributed by atoms with Gasteiger partial charge in [-0.05, 0) is 116 Å². The van der Waals surface area contributed by atoms with Crippen LogP contribution in [0.3, 0.4) is 0 Å². The van der Waals surface area contributed by atoms with E-state index in [1.165, 1.54) is 61.0 Å². The number of anilines is 3. The molecule has 0 N–H and O–H groups in total. The molecule has 0 amide bonds. The van der Waals surface area contributed by atoms with Gasteiger partial charge in [0, 0.05) is 33.2 Å². The van der Waals surface area contributed by atoms with E-state index in [9.17, 15) is 0 Å². The van der Waals surface area contributed by atoms with Gasteiger partial charge in [-0.25, -0.2) is 0 Å². The summed E-state index contributed by atoms with van der Waals surface area (Å²) < 4.78 is 6.31. The molecule has 0 radical (unpaired) electrons. The molecule has 1 aliphatic rings. The number of fused-ring (bicyclic) bond motifs is 6. The highest BCUT2D eigenvalue weighted by Gasteiger charge is 2.36. The third-order valence-corrected chi connectivity index (χ3v) is 11.1. The van der Waals surface area contributed by atoms with Gasteiger partial charge in [-0.1, -0.05) is 141 Å². The normalized spacial score (nSPS) is 12.9. The molecule has 1 aliphatic carbocycles. The second-order valence-electron chi connectivity index (χ2n) is 14.6. The molecule has 0 bridgehead atoms. The van der Waals surface area contributed by atoms with Crippen LogP contribution < -0.4 is 4.90 Å². The molecule has 0 saturated carbocycles. The van der Waals surface area contributed by atoms with Gasteiger partial charge in [0.1, 0.15) is 11.2 Å². The van der Waals surface area contributed by atoms with Crippen LogP contribution >= 0.6 is 0 Å². The van der Waals surface area contributed by atoms with Crippen molar-refractivity contribution in [3.8, 4) is 44.5 Å². The predicted molar refractivity (Wildman–Crippen MR) is 222 cm³/mol. The van der Waals surface area contributed by atoms with Crippen molar-refractivity contribution in [2.45, 2.75) is 19.3 Å². The maximum atomic E-state index is 6.31. The number of hydrogen-bond acceptors (Lipinski definition) is 2. The zero-order chi connectivity index (χ0) is 35.5. The minimum atomic E-state index is -0.118. The number of nitrogens with zero attached hydrogens (tertiary/aromatic N) is 1. The number of furan rings is 1. The summed E-state index contributed by atoms with van der Waals surface area (Å²) >= 11 is 0. The van der Waals surface area contributed by atoms with Crippen molar-refractivity contribution >= 4 is 39.0 Å². The van der Waals surface area contributed by atoms with Crippen molar-refractivity contribution in [3.63, 3.8) is 0 Å². The van der Waals surface area contributed by atoms with E-state index in [2.05, 4.69) is 201 Å². The van der Waals surface area contributed by atoms with Crippen molar-refractivity contribution in [3.05, 3.63) is 199 Å². The summed E-state index contributed by atoms with van der Waals surface area (Å²) in [6.45, 7) is 4.65. The summed E-state index contributed by atoms with van der Waals surface area (Å²) in [5, 5.41) is 2.34. The summed E-state index contributed by atoms with van der Waals surface area (Å²) in [5.74, 6) is 0. The summed E-state index contributed by atoms with van der Waals surface area (Å²) in [5.41, 5.74) is 17.6. The van der Waals surface area contributed by atoms with Gasteiger partial charge in [-0.15, -0.1) is 0 Å². The quantitative estimate of drug-likeness (QED) is 0.174. The molecule has 0 aliphatic heterocycles. The van der Waals surface area contributed by atoms with Crippen molar-refractivity contribution in [1.82, 2.24) is 0 Å². The minimum Gasteiger partial charge on any atom is -0.456 e. The third-order valence-electron chi connectivity index (χ3n) is 11.1. The van der Waals surface area contributed by atoms with Gasteiger partial charge >= 0.3 is 0 Å². The molecule has 53 heavy (non-hydrogen) atoms. The highest BCUT2D eigenvalue weighted by Crippen LogP contribution is 2.52. The fourth-order valence-corrected chi connectivity index (χ4v) is 8.27. The number of para-hydroxylation sites is 1. The van der Waals surface area contributed by atoms with E-state index in [4.69, 9.17) is 4.42 Å². The average molecular weight is 680 g/mol. The maximum absolute atomic E-state index is 6.31. The Bertz CT molecular complexity index is 2670. The zero-order valence-corrected chi connectivity index (χ0v) is 29.8. The number of benzene rings is 8. The van der Waals surface area contributed by atoms with E-state index in [1.807, 2.05) is 6.07 Å². The van der Waals surface area contributed by atoms with Crippen molar-refractivity contribution in [2.75, 3.05) is 4.90 Å². The Hall–Kier alpha value is -6.64. The molecule has 1 aromatic heterocycles. The molecule has 0 atom stereocenters. The van der Waals surface area contributed by atoms with E-state index in [-0.39, 0.29) is 5.41 Å². The molecular formula is C51H37NO. The van der Waals surface area contributed by atoms with Crippen LogP contribution in [0.15, 0.2) is 192 Å². The highest BCUT2D eigenvalue weighted by molar-refractivity contribution is 6.08. The molecular weight excluding hydrogens is 643 g/mol. The van der Waals surface area contributed by atoms with Gasteiger partial charge in [0.15, 0.2) is 0 Å². The number of rotatable bonds is 6. The van der Waals surface area contributed by atoms with Gasteiger partial charge in [-0.2, -0.15) is 0 Å². The summed E-state index contributed by atoms with van der Waals surface area (Å²) in [7, 11) is 0. The monoisotopic (exact) mass is 679 g/mol. The first-order valence-electron chi connectivity index (χ1n) is 18.3. The van der Waals surface area contributed by atoms with Gasteiger partial charge in [0.05, 0.1) is 0 Å². The first-order valence-corrected chi connectivity index (χ1v) is 18.3. The molecule has 0 unspecified atom stereocenters. The van der Waals surface area contributed by atoms with Crippen LogP contribution in [0.5, 0.6) is 0 Å². The van der Waals surface area contributed by atoms with Gasteiger partial charge in [0.25, 0.3) is 0 Å². The lowest BCUT2D eigenvalue weighted by Crippen LogP contribution is -2.14. The molecule has 8 aromatic carbocycles. The lowest BCUT2D eigenvalue weighted by Gasteiger charge is -2.26. The molecule has 0 saturated heterocycles. The Morgan fingerprint density at radius 3 is 1.38 bits per heavy atom. The fraction of sp³-hybridized carbons (Fsp3) is 0.0588. The van der Waals surface area contributed by atoms with E-state index in [1.54, 1.807) is 0 Å². The van der Waals surface area contributed by atoms with E-state index in [0.717, 1.165) is 33.6 Å². The topological polar surface area (TPSA) is 16.4 Å². The van der Waals surface area contributed by atoms with Crippen molar-refractivity contribution in [1.29, 1.82) is 0 Å². The largest absolute Gasteiger partial charge is 0.456 e. The SMILES string of the molecule is CC1(C)c2ccc(-c3ccc(N(c4ccc(-c5ccccc5)cc4)c4ccc(-c5ccccc5)cc4)cc3)cc2-c2cc3c(cc21)oc1ccccc13. The fourth-order valence-electron chi connectivity index (χ4n) is 8.27. The maximum Gasteiger partial charge on any atom is 0.135 e. The number of hydrogen-bond donors (Lipinski definition) is 0. The Kier molecular flexibility index (Phi) is 7.19. The van der Waals surface area contributed by atoms with Crippen molar-refractivity contribution < 1.29 is 4.42 Å². The first-order chi connectivity index (χ1) is 26.0. The minimum absolute atomic E-state index is 0.118. The lowest BCUT2D eigenvalue weighted by molar-refractivity contribution is 0.647. The molecule has 9 aromatic rings. The van der Waals surface area contributed by atoms with Crippen LogP contribution in [-0.4, -0.2) is 0 Å². The van der Waals surface area contributed by atoms with E-state index < -0.39 is 0 Å². The summed E-state index contributed by atoms with van der Waals surface area (Å²) in [6.07, 6.45) is 0. The lowest BCUT2D eigenvalue weighted by atomic mass is 9.82. The Balaban J connectivity index is 1.03. The molecule has 2 heteroatoms. The third kappa shape index (κ3) is 5.26. The van der Waals surface area contributed by atoms with Crippen LogP contribution in [0.4, 0.5) is 17.1 Å². The Morgan fingerprint density at radius 2 is 0.811 bits per heavy atom. The average Bonchev–Trinajstić information content (AvgIpc) is 3.69. The van der Waals surface area contributed by atoms with Crippen LogP contribution in [0.1, 0.15) is 25.0 Å². The molecule has 1 heterocycles. The van der Waals surface area contributed by atoms with Crippen LogP contribution in [0.25, 0.3) is 66.4 Å². The van der Waals surface area contributed by atoms with Gasteiger partial charge in [-0.3, -0.25) is 0 Å². The molecule has 2 nitrogen and oxygen atoms in total. The van der Waals surface area contributed by atoms with E-state index >= 15 is 0 Å². The Morgan fingerprint density at radius 1 is 0.358 bits per heavy atom. The van der Waals surface area contributed by atoms with Gasteiger partial charge in [0.2, 0.25) is 0 Å². The summed E-state index contributed by atoms with van der Waals surface area (Å²) in [4.78, 5) is 2.34. The molecule has 10 rings (SSSR count). The second kappa shape index (κ2) is 12.3. The highest BCUT2D eigenvalue weighted by atomic mass is 16.3.